The molecule has 1 fully saturated rings. The van der Waals surface area contributed by atoms with Crippen LogP contribution in [0.15, 0.2) is 36.5 Å². The van der Waals surface area contributed by atoms with Gasteiger partial charge in [0.1, 0.15) is 0 Å². The van der Waals surface area contributed by atoms with Crippen LogP contribution >= 0.6 is 0 Å². The predicted octanol–water partition coefficient (Wildman–Crippen LogP) is 0.961. The van der Waals surface area contributed by atoms with Crippen molar-refractivity contribution in [3.63, 3.8) is 0 Å². The van der Waals surface area contributed by atoms with Gasteiger partial charge >= 0.3 is 0 Å². The van der Waals surface area contributed by atoms with Gasteiger partial charge in [-0.1, -0.05) is 23.4 Å². The Morgan fingerprint density at radius 3 is 2.72 bits per heavy atom. The van der Waals surface area contributed by atoms with Gasteiger partial charge in [0, 0.05) is 18.7 Å². The van der Waals surface area contributed by atoms with Crippen molar-refractivity contribution < 1.29 is 9.59 Å². The largest absolute Gasteiger partial charge is 0.350 e. The van der Waals surface area contributed by atoms with Gasteiger partial charge < -0.3 is 16.0 Å². The van der Waals surface area contributed by atoms with Gasteiger partial charge in [0.05, 0.1) is 12.2 Å². The molecule has 0 aliphatic carbocycles. The molecule has 0 bridgehead atoms. The molecule has 3 rings (SSSR count). The molecule has 8 nitrogen and oxygen atoms in total. The van der Waals surface area contributed by atoms with Crippen LogP contribution in [0.2, 0.25) is 0 Å². The highest BCUT2D eigenvalue weighted by Crippen LogP contribution is 2.16. The smallest absolute Gasteiger partial charge is 0.273 e. The number of hydrogen-bond donors (Lipinski definition) is 3. The molecular formula is C17H22N6O2. The average molecular weight is 342 g/mol. The minimum Gasteiger partial charge on any atom is -0.350 e. The number of rotatable bonds is 6. The second kappa shape index (κ2) is 8.39. The minimum atomic E-state index is -0.312. The highest BCUT2D eigenvalue weighted by atomic mass is 16.2. The Balaban J connectivity index is 1.43. The van der Waals surface area contributed by atoms with E-state index < -0.39 is 0 Å². The van der Waals surface area contributed by atoms with Crippen molar-refractivity contribution in [2.75, 3.05) is 25.0 Å². The van der Waals surface area contributed by atoms with Crippen molar-refractivity contribution in [2.24, 2.45) is 0 Å². The number of hydrogen-bond acceptors (Lipinski definition) is 5. The first kappa shape index (κ1) is 17.1. The van der Waals surface area contributed by atoms with E-state index in [1.165, 1.54) is 0 Å². The first-order chi connectivity index (χ1) is 12.2. The fourth-order valence-electron chi connectivity index (χ4n) is 2.76. The maximum atomic E-state index is 12.1. The SMILES string of the molecule is O=C(CCNC(=O)c1cn(C2CCNCC2)nn1)Nc1ccccc1. The number of aromatic nitrogens is 3. The molecule has 25 heavy (non-hydrogen) atoms. The highest BCUT2D eigenvalue weighted by molar-refractivity contribution is 5.93. The molecule has 3 N–H and O–H groups in total. The zero-order valence-corrected chi connectivity index (χ0v) is 13.9. The first-order valence-electron chi connectivity index (χ1n) is 8.48. The number of para-hydroxylation sites is 1. The third-order valence-corrected chi connectivity index (χ3v) is 4.12. The Labute approximate surface area is 146 Å². The molecule has 2 amide bonds. The van der Waals surface area contributed by atoms with Crippen molar-refractivity contribution in [1.29, 1.82) is 0 Å². The van der Waals surface area contributed by atoms with Crippen LogP contribution < -0.4 is 16.0 Å². The molecule has 1 aliphatic heterocycles. The molecule has 1 aliphatic rings. The molecule has 2 aromatic rings. The fourth-order valence-corrected chi connectivity index (χ4v) is 2.76. The van der Waals surface area contributed by atoms with E-state index >= 15 is 0 Å². The minimum absolute atomic E-state index is 0.148. The summed E-state index contributed by atoms with van der Waals surface area (Å²) in [7, 11) is 0. The number of piperidine rings is 1. The van der Waals surface area contributed by atoms with E-state index in [1.54, 1.807) is 10.9 Å². The molecule has 1 aromatic heterocycles. The summed E-state index contributed by atoms with van der Waals surface area (Å²) in [6.45, 7) is 2.14. The number of nitrogens with zero attached hydrogens (tertiary/aromatic N) is 3. The summed E-state index contributed by atoms with van der Waals surface area (Å²) in [4.78, 5) is 24.0. The van der Waals surface area contributed by atoms with Crippen molar-refractivity contribution in [1.82, 2.24) is 25.6 Å². The number of amides is 2. The van der Waals surface area contributed by atoms with Gasteiger partial charge in [-0.3, -0.25) is 9.59 Å². The molecule has 132 valence electrons. The summed E-state index contributed by atoms with van der Waals surface area (Å²) >= 11 is 0. The zero-order chi connectivity index (χ0) is 17.5. The normalized spacial score (nSPS) is 14.9. The van der Waals surface area contributed by atoms with Crippen LogP contribution in [0.4, 0.5) is 5.69 Å². The van der Waals surface area contributed by atoms with Gasteiger partial charge in [0.15, 0.2) is 5.69 Å². The van der Waals surface area contributed by atoms with Crippen LogP contribution in [0.25, 0.3) is 0 Å². The lowest BCUT2D eigenvalue weighted by atomic mass is 10.1. The van der Waals surface area contributed by atoms with Crippen molar-refractivity contribution >= 4 is 17.5 Å². The molecule has 0 saturated carbocycles. The van der Waals surface area contributed by atoms with Crippen molar-refractivity contribution in [2.45, 2.75) is 25.3 Å². The fraction of sp³-hybridized carbons (Fsp3) is 0.412. The Kier molecular flexibility index (Phi) is 5.73. The molecule has 8 heteroatoms. The lowest BCUT2D eigenvalue weighted by Gasteiger charge is -2.22. The van der Waals surface area contributed by atoms with E-state index in [2.05, 4.69) is 26.3 Å². The van der Waals surface area contributed by atoms with Crippen LogP contribution in [-0.2, 0) is 4.79 Å². The van der Waals surface area contributed by atoms with Crippen molar-refractivity contribution in [3.8, 4) is 0 Å². The van der Waals surface area contributed by atoms with E-state index in [0.717, 1.165) is 31.6 Å². The first-order valence-corrected chi connectivity index (χ1v) is 8.48. The lowest BCUT2D eigenvalue weighted by Crippen LogP contribution is -2.29. The van der Waals surface area contributed by atoms with Crippen molar-refractivity contribution in [3.05, 3.63) is 42.2 Å². The summed E-state index contributed by atoms with van der Waals surface area (Å²) in [6, 6.07) is 9.50. The van der Waals surface area contributed by atoms with Gasteiger partial charge in [0.2, 0.25) is 5.91 Å². The molecule has 0 unspecified atom stereocenters. The standard InChI is InChI=1S/C17H22N6O2/c24-16(20-13-4-2-1-3-5-13)8-11-19-17(25)15-12-23(22-21-15)14-6-9-18-10-7-14/h1-5,12,14,18H,6-11H2,(H,19,25)(H,20,24). The third-order valence-electron chi connectivity index (χ3n) is 4.12. The number of carbonyl (C=O) groups is 2. The summed E-state index contributed by atoms with van der Waals surface area (Å²) in [5, 5.41) is 16.8. The molecule has 1 saturated heterocycles. The Hall–Kier alpha value is -2.74. The van der Waals surface area contributed by atoms with Gasteiger partial charge in [-0.2, -0.15) is 0 Å². The van der Waals surface area contributed by atoms with Crippen LogP contribution in [0.1, 0.15) is 35.8 Å². The molecule has 0 spiro atoms. The van der Waals surface area contributed by atoms with E-state index in [0.29, 0.717) is 0 Å². The Bertz CT molecular complexity index is 709. The van der Waals surface area contributed by atoms with Crippen LogP contribution in [0, 0.1) is 0 Å². The summed E-state index contributed by atoms with van der Waals surface area (Å²) in [6.07, 6.45) is 3.83. The van der Waals surface area contributed by atoms with E-state index in [4.69, 9.17) is 0 Å². The molecular weight excluding hydrogens is 320 g/mol. The second-order valence-corrected chi connectivity index (χ2v) is 5.99. The third kappa shape index (κ3) is 4.87. The number of anilines is 1. The summed E-state index contributed by atoms with van der Waals surface area (Å²) in [5.74, 6) is -0.461. The number of carbonyl (C=O) groups excluding carboxylic acids is 2. The van der Waals surface area contributed by atoms with E-state index in [9.17, 15) is 9.59 Å². The summed E-state index contributed by atoms with van der Waals surface area (Å²) < 4.78 is 1.76. The van der Waals surface area contributed by atoms with Gasteiger partial charge in [0.25, 0.3) is 5.91 Å². The molecule has 0 radical (unpaired) electrons. The monoisotopic (exact) mass is 342 g/mol. The maximum absolute atomic E-state index is 12.1. The lowest BCUT2D eigenvalue weighted by molar-refractivity contribution is -0.116. The van der Waals surface area contributed by atoms with E-state index in [-0.39, 0.29) is 36.5 Å². The molecule has 0 atom stereocenters. The maximum Gasteiger partial charge on any atom is 0.273 e. The van der Waals surface area contributed by atoms with Crippen LogP contribution in [0.3, 0.4) is 0 Å². The topological polar surface area (TPSA) is 101 Å². The molecule has 2 heterocycles. The average Bonchev–Trinajstić information content (AvgIpc) is 3.13. The van der Waals surface area contributed by atoms with Gasteiger partial charge in [-0.05, 0) is 38.1 Å². The van der Waals surface area contributed by atoms with Gasteiger partial charge in [-0.25, -0.2) is 4.68 Å². The second-order valence-electron chi connectivity index (χ2n) is 5.99. The van der Waals surface area contributed by atoms with Crippen LogP contribution in [-0.4, -0.2) is 46.4 Å². The zero-order valence-electron chi connectivity index (χ0n) is 13.9. The van der Waals surface area contributed by atoms with Crippen LogP contribution in [0.5, 0.6) is 0 Å². The number of nitrogens with one attached hydrogen (secondary N) is 3. The predicted molar refractivity (Wildman–Crippen MR) is 93.2 cm³/mol. The number of benzene rings is 1. The van der Waals surface area contributed by atoms with E-state index in [1.807, 2.05) is 30.3 Å². The quantitative estimate of drug-likeness (QED) is 0.726. The molecule has 1 aromatic carbocycles. The van der Waals surface area contributed by atoms with Gasteiger partial charge in [-0.15, -0.1) is 5.10 Å². The Morgan fingerprint density at radius 2 is 1.96 bits per heavy atom. The highest BCUT2D eigenvalue weighted by Gasteiger charge is 2.18. The summed E-state index contributed by atoms with van der Waals surface area (Å²) in [5.41, 5.74) is 1.02. The Morgan fingerprint density at radius 1 is 1.20 bits per heavy atom.